The summed E-state index contributed by atoms with van der Waals surface area (Å²) in [7, 11) is 0. The summed E-state index contributed by atoms with van der Waals surface area (Å²) < 4.78 is 0. The van der Waals surface area contributed by atoms with E-state index in [0.717, 1.165) is 4.90 Å². The molecule has 1 amide bonds. The van der Waals surface area contributed by atoms with Gasteiger partial charge in [-0.25, -0.2) is 0 Å². The van der Waals surface area contributed by atoms with Crippen LogP contribution in [0.4, 0.5) is 0 Å². The number of nitrogens with two attached hydrogens (primary N) is 1. The molecular weight excluding hydrogens is 180 g/mol. The Morgan fingerprint density at radius 3 is 2.54 bits per heavy atom. The summed E-state index contributed by atoms with van der Waals surface area (Å²) in [5, 5.41) is 16.5. The quantitative estimate of drug-likeness (QED) is 0.328. The molecule has 0 saturated heterocycles. The van der Waals surface area contributed by atoms with E-state index in [1.54, 1.807) is 0 Å². The van der Waals surface area contributed by atoms with E-state index >= 15 is 0 Å². The van der Waals surface area contributed by atoms with E-state index < -0.39 is 5.97 Å². The molecule has 0 rings (SSSR count). The number of quaternary nitrogens is 1. The molecule has 0 heterocycles. The second kappa shape index (κ2) is 6.35. The third-order valence-electron chi connectivity index (χ3n) is 1.33. The van der Waals surface area contributed by atoms with Crippen molar-refractivity contribution in [1.29, 1.82) is 0 Å². The first-order chi connectivity index (χ1) is 6.07. The molecule has 76 valence electrons. The Morgan fingerprint density at radius 1 is 1.54 bits per heavy atom. The summed E-state index contributed by atoms with van der Waals surface area (Å²) in [4.78, 5) is 26.6. The smallest absolute Gasteiger partial charge is 0.323 e. The molecule has 7 heteroatoms. The number of carbonyl (C=O) groups is 2. The lowest BCUT2D eigenvalue weighted by Gasteiger charge is -2.16. The fourth-order valence-electron chi connectivity index (χ4n) is 0.727. The largest absolute Gasteiger partial charge is 0.480 e. The first kappa shape index (κ1) is 11.8. The summed E-state index contributed by atoms with van der Waals surface area (Å²) in [6.07, 6.45) is 0. The number of hydrogen-bond donors (Lipinski definition) is 3. The first-order valence-corrected chi connectivity index (χ1v) is 3.62. The SMILES string of the molecule is CC(=O)N(CCO[NH2+]O)CC(=O)O. The van der Waals surface area contributed by atoms with Gasteiger partial charge in [0.2, 0.25) is 5.91 Å². The Morgan fingerprint density at radius 2 is 2.15 bits per heavy atom. The van der Waals surface area contributed by atoms with E-state index in [2.05, 4.69) is 4.84 Å². The van der Waals surface area contributed by atoms with Gasteiger partial charge >= 0.3 is 5.97 Å². The fourth-order valence-corrected chi connectivity index (χ4v) is 0.727. The molecule has 4 N–H and O–H groups in total. The zero-order valence-corrected chi connectivity index (χ0v) is 7.27. The molecule has 0 aromatic rings. The fraction of sp³-hybridized carbons (Fsp3) is 0.667. The summed E-state index contributed by atoms with van der Waals surface area (Å²) in [6.45, 7) is 1.12. The Balaban J connectivity index is 3.81. The van der Waals surface area contributed by atoms with E-state index in [1.165, 1.54) is 6.92 Å². The van der Waals surface area contributed by atoms with Crippen LogP contribution in [-0.2, 0) is 14.4 Å². The normalized spacial score (nSPS) is 9.69. The van der Waals surface area contributed by atoms with Crippen molar-refractivity contribution in [3.05, 3.63) is 0 Å². The van der Waals surface area contributed by atoms with E-state index in [0.29, 0.717) is 5.64 Å². The highest BCUT2D eigenvalue weighted by molar-refractivity contribution is 5.79. The second-order valence-electron chi connectivity index (χ2n) is 2.31. The highest BCUT2D eigenvalue weighted by Gasteiger charge is 2.12. The van der Waals surface area contributed by atoms with E-state index in [4.69, 9.17) is 10.3 Å². The van der Waals surface area contributed by atoms with Crippen molar-refractivity contribution in [1.82, 2.24) is 4.90 Å². The monoisotopic (exact) mass is 193 g/mol. The number of carboxylic acids is 1. The molecule has 0 spiro atoms. The molecule has 0 aliphatic rings. The van der Waals surface area contributed by atoms with Crippen LogP contribution >= 0.6 is 0 Å². The van der Waals surface area contributed by atoms with Gasteiger partial charge in [0.25, 0.3) is 0 Å². The molecule has 0 aromatic heterocycles. The van der Waals surface area contributed by atoms with Gasteiger partial charge in [0.1, 0.15) is 13.2 Å². The van der Waals surface area contributed by atoms with Gasteiger partial charge in [-0.2, -0.15) is 10.0 Å². The van der Waals surface area contributed by atoms with Crippen LogP contribution in [-0.4, -0.2) is 46.8 Å². The lowest BCUT2D eigenvalue weighted by atomic mass is 10.4. The van der Waals surface area contributed by atoms with Crippen molar-refractivity contribution in [2.45, 2.75) is 6.92 Å². The van der Waals surface area contributed by atoms with Crippen LogP contribution in [0.15, 0.2) is 0 Å². The van der Waals surface area contributed by atoms with Crippen molar-refractivity contribution in [3.8, 4) is 0 Å². The minimum atomic E-state index is -1.08. The van der Waals surface area contributed by atoms with Crippen LogP contribution in [0.2, 0.25) is 0 Å². The molecule has 0 fully saturated rings. The van der Waals surface area contributed by atoms with Crippen molar-refractivity contribution >= 4 is 11.9 Å². The van der Waals surface area contributed by atoms with Gasteiger partial charge in [0.05, 0.1) is 6.54 Å². The minimum absolute atomic E-state index is 0.0728. The number of hydrogen-bond acceptors (Lipinski definition) is 4. The molecule has 0 atom stereocenters. The highest BCUT2D eigenvalue weighted by Crippen LogP contribution is 1.88. The Labute approximate surface area is 74.8 Å². The summed E-state index contributed by atoms with van der Waals surface area (Å²) >= 11 is 0. The highest BCUT2D eigenvalue weighted by atomic mass is 16.8. The topological polar surface area (TPSA) is 104 Å². The number of amides is 1. The predicted octanol–water partition coefficient (Wildman–Crippen LogP) is -2.20. The van der Waals surface area contributed by atoms with Gasteiger partial charge in [-0.3, -0.25) is 9.59 Å². The maximum Gasteiger partial charge on any atom is 0.323 e. The second-order valence-corrected chi connectivity index (χ2v) is 2.31. The number of carboxylic acid groups (broad SMARTS) is 1. The molecule has 0 radical (unpaired) electrons. The van der Waals surface area contributed by atoms with Crippen molar-refractivity contribution in [2.75, 3.05) is 19.7 Å². The van der Waals surface area contributed by atoms with Crippen LogP contribution in [0.3, 0.4) is 0 Å². The van der Waals surface area contributed by atoms with Crippen molar-refractivity contribution in [2.24, 2.45) is 0 Å². The average Bonchev–Trinajstić information content (AvgIpc) is 2.02. The Hall–Kier alpha value is -1.18. The van der Waals surface area contributed by atoms with Crippen LogP contribution in [0.25, 0.3) is 0 Å². The molecule has 0 aliphatic carbocycles. The molecule has 0 saturated carbocycles. The third-order valence-corrected chi connectivity index (χ3v) is 1.33. The maximum absolute atomic E-state index is 10.8. The van der Waals surface area contributed by atoms with Gasteiger partial charge in [-0.05, 0) is 0 Å². The van der Waals surface area contributed by atoms with Crippen molar-refractivity contribution in [3.63, 3.8) is 0 Å². The van der Waals surface area contributed by atoms with Crippen LogP contribution < -0.4 is 5.64 Å². The first-order valence-electron chi connectivity index (χ1n) is 3.62. The zero-order valence-electron chi connectivity index (χ0n) is 7.27. The number of rotatable bonds is 6. The lowest BCUT2D eigenvalue weighted by Crippen LogP contribution is -2.79. The van der Waals surface area contributed by atoms with E-state index in [-0.39, 0.29) is 25.6 Å². The Bertz CT molecular complexity index is 184. The molecular formula is C6H13N2O5+. The summed E-state index contributed by atoms with van der Waals surface area (Å²) in [6, 6.07) is 0. The molecule has 0 aromatic carbocycles. The summed E-state index contributed by atoms with van der Waals surface area (Å²) in [5.41, 5.74) is 0.499. The molecule has 13 heavy (non-hydrogen) atoms. The van der Waals surface area contributed by atoms with Crippen LogP contribution in [0.5, 0.6) is 0 Å². The maximum atomic E-state index is 10.8. The lowest BCUT2D eigenvalue weighted by molar-refractivity contribution is -1.06. The van der Waals surface area contributed by atoms with Crippen molar-refractivity contribution < 1.29 is 30.4 Å². The number of carbonyl (C=O) groups excluding carboxylic acids is 1. The minimum Gasteiger partial charge on any atom is -0.480 e. The average molecular weight is 193 g/mol. The molecule has 0 unspecified atom stereocenters. The standard InChI is InChI=1S/C6H12N2O5/c1-5(9)8(4-6(10)11)2-3-13-7-12/h12H,2-4,7H2,1H3/p+1. The van der Waals surface area contributed by atoms with Gasteiger partial charge in [-0.1, -0.05) is 5.64 Å². The molecule has 0 aliphatic heterocycles. The van der Waals surface area contributed by atoms with Crippen LogP contribution in [0, 0.1) is 0 Å². The Kier molecular flexibility index (Phi) is 5.77. The van der Waals surface area contributed by atoms with Gasteiger partial charge in [-0.15, -0.1) is 0 Å². The molecule has 7 nitrogen and oxygen atoms in total. The van der Waals surface area contributed by atoms with E-state index in [1.807, 2.05) is 0 Å². The third kappa shape index (κ3) is 6.02. The zero-order chi connectivity index (χ0) is 10.3. The van der Waals surface area contributed by atoms with E-state index in [9.17, 15) is 9.59 Å². The van der Waals surface area contributed by atoms with Crippen LogP contribution in [0.1, 0.15) is 6.92 Å². The van der Waals surface area contributed by atoms with Gasteiger partial charge < -0.3 is 10.0 Å². The van der Waals surface area contributed by atoms with Gasteiger partial charge in [0, 0.05) is 6.92 Å². The van der Waals surface area contributed by atoms with Gasteiger partial charge in [0.15, 0.2) is 0 Å². The summed E-state index contributed by atoms with van der Waals surface area (Å²) in [5.74, 6) is -1.42. The number of nitrogens with zero attached hydrogens (tertiary/aromatic N) is 1. The number of aliphatic carboxylic acids is 1. The predicted molar refractivity (Wildman–Crippen MR) is 39.6 cm³/mol. The molecule has 0 bridgehead atoms.